The second-order valence-electron chi connectivity index (χ2n) is 5.48. The Morgan fingerprint density at radius 1 is 1.08 bits per heavy atom. The molecular formula is C18H17N3O4S. The van der Waals surface area contributed by atoms with Gasteiger partial charge in [-0.05, 0) is 54.6 Å². The van der Waals surface area contributed by atoms with Crippen LogP contribution < -0.4 is 15.2 Å². The fraction of sp³-hybridized carbons (Fsp3) is 0.0556. The highest BCUT2D eigenvalue weighted by Crippen LogP contribution is 2.35. The molecule has 1 aromatic heterocycles. The molecule has 0 saturated carbocycles. The number of nitrogens with one attached hydrogen (secondary N) is 1. The van der Waals surface area contributed by atoms with E-state index < -0.39 is 10.0 Å². The highest BCUT2D eigenvalue weighted by Gasteiger charge is 2.19. The number of hydrogen-bond acceptors (Lipinski definition) is 6. The number of nitrogens with zero attached hydrogens (tertiary/aromatic N) is 1. The number of pyridine rings is 1. The van der Waals surface area contributed by atoms with Crippen LogP contribution in [0.5, 0.6) is 11.5 Å². The van der Waals surface area contributed by atoms with Crippen molar-refractivity contribution in [1.82, 2.24) is 4.98 Å². The number of benzene rings is 2. The Labute approximate surface area is 151 Å². The van der Waals surface area contributed by atoms with Crippen LogP contribution in [0.3, 0.4) is 0 Å². The summed E-state index contributed by atoms with van der Waals surface area (Å²) >= 11 is 0. The van der Waals surface area contributed by atoms with Gasteiger partial charge in [-0.2, -0.15) is 0 Å². The van der Waals surface area contributed by atoms with Gasteiger partial charge in [0.25, 0.3) is 0 Å². The first kappa shape index (κ1) is 17.7. The zero-order valence-corrected chi connectivity index (χ0v) is 14.7. The van der Waals surface area contributed by atoms with Gasteiger partial charge in [0.05, 0.1) is 12.0 Å². The molecular weight excluding hydrogens is 354 g/mol. The van der Waals surface area contributed by atoms with E-state index in [1.54, 1.807) is 36.5 Å². The number of aromatic nitrogens is 1. The van der Waals surface area contributed by atoms with Crippen molar-refractivity contribution in [2.24, 2.45) is 5.14 Å². The molecule has 7 nitrogen and oxygen atoms in total. The second kappa shape index (κ2) is 7.03. The van der Waals surface area contributed by atoms with Crippen LogP contribution >= 0.6 is 0 Å². The van der Waals surface area contributed by atoms with Crippen molar-refractivity contribution in [2.75, 3.05) is 12.4 Å². The van der Waals surface area contributed by atoms with Crippen LogP contribution in [-0.4, -0.2) is 25.6 Å². The molecule has 26 heavy (non-hydrogen) atoms. The molecule has 0 saturated heterocycles. The van der Waals surface area contributed by atoms with Crippen LogP contribution in [0.2, 0.25) is 0 Å². The van der Waals surface area contributed by atoms with Crippen LogP contribution in [-0.2, 0) is 10.0 Å². The number of rotatable bonds is 5. The lowest BCUT2D eigenvalue weighted by Crippen LogP contribution is -2.13. The molecule has 8 heteroatoms. The average molecular weight is 371 g/mol. The van der Waals surface area contributed by atoms with Gasteiger partial charge in [-0.25, -0.2) is 18.5 Å². The minimum Gasteiger partial charge on any atom is -0.508 e. The monoisotopic (exact) mass is 371 g/mol. The van der Waals surface area contributed by atoms with E-state index in [9.17, 15) is 13.5 Å². The molecule has 0 radical (unpaired) electrons. The maximum absolute atomic E-state index is 12.0. The lowest BCUT2D eigenvalue weighted by molar-refractivity contribution is 0.414. The topological polar surface area (TPSA) is 115 Å². The molecule has 0 aliphatic rings. The van der Waals surface area contributed by atoms with Crippen LogP contribution in [0.15, 0.2) is 65.7 Å². The van der Waals surface area contributed by atoms with Crippen molar-refractivity contribution in [1.29, 1.82) is 0 Å². The van der Waals surface area contributed by atoms with Crippen molar-refractivity contribution < 1.29 is 18.3 Å². The smallest absolute Gasteiger partial charge is 0.238 e. The van der Waals surface area contributed by atoms with E-state index in [1.165, 1.54) is 31.4 Å². The van der Waals surface area contributed by atoms with E-state index in [0.717, 1.165) is 0 Å². The molecule has 3 aromatic rings. The maximum atomic E-state index is 12.0. The summed E-state index contributed by atoms with van der Waals surface area (Å²) in [6.07, 6.45) is 1.59. The van der Waals surface area contributed by atoms with Crippen LogP contribution in [0, 0.1) is 0 Å². The van der Waals surface area contributed by atoms with E-state index in [1.807, 2.05) is 0 Å². The Morgan fingerprint density at radius 3 is 2.46 bits per heavy atom. The Hall–Kier alpha value is -3.10. The van der Waals surface area contributed by atoms with Gasteiger partial charge in [-0.1, -0.05) is 0 Å². The molecule has 0 unspecified atom stereocenters. The lowest BCUT2D eigenvalue weighted by atomic mass is 10.1. The summed E-state index contributed by atoms with van der Waals surface area (Å²) in [5, 5.41) is 17.9. The number of ether oxygens (including phenoxy) is 1. The zero-order chi connectivity index (χ0) is 18.7. The summed E-state index contributed by atoms with van der Waals surface area (Å²) in [4.78, 5) is 4.27. The number of nitrogens with two attached hydrogens (primary N) is 1. The van der Waals surface area contributed by atoms with E-state index in [-0.39, 0.29) is 10.6 Å². The van der Waals surface area contributed by atoms with Crippen molar-refractivity contribution in [3.63, 3.8) is 0 Å². The number of aromatic hydroxyl groups is 1. The first-order valence-electron chi connectivity index (χ1n) is 7.61. The van der Waals surface area contributed by atoms with Gasteiger partial charge in [-0.3, -0.25) is 0 Å². The van der Waals surface area contributed by atoms with E-state index in [4.69, 9.17) is 9.88 Å². The Morgan fingerprint density at radius 2 is 1.81 bits per heavy atom. The quantitative estimate of drug-likeness (QED) is 0.594. The summed E-state index contributed by atoms with van der Waals surface area (Å²) in [7, 11) is -2.45. The van der Waals surface area contributed by atoms with Gasteiger partial charge in [0.2, 0.25) is 10.0 Å². The van der Waals surface area contributed by atoms with Gasteiger partial charge >= 0.3 is 0 Å². The molecule has 3 rings (SSSR count). The normalized spacial score (nSPS) is 11.2. The fourth-order valence-electron chi connectivity index (χ4n) is 2.50. The Kier molecular flexibility index (Phi) is 4.79. The summed E-state index contributed by atoms with van der Waals surface area (Å²) in [5.74, 6) is 1.07. The van der Waals surface area contributed by atoms with E-state index in [2.05, 4.69) is 10.3 Å². The number of primary sulfonamides is 1. The van der Waals surface area contributed by atoms with Crippen molar-refractivity contribution in [2.45, 2.75) is 4.90 Å². The van der Waals surface area contributed by atoms with E-state index >= 15 is 0 Å². The largest absolute Gasteiger partial charge is 0.508 e. The number of phenols is 1. The van der Waals surface area contributed by atoms with Gasteiger partial charge in [0, 0.05) is 23.0 Å². The van der Waals surface area contributed by atoms with Gasteiger partial charge in [0.15, 0.2) is 0 Å². The molecule has 0 bridgehead atoms. The SMILES string of the molecule is COc1ccc(S(N)(=O)=O)c(-c2cccnc2Nc2ccc(O)cc2)c1. The van der Waals surface area contributed by atoms with Crippen molar-refractivity contribution >= 4 is 21.5 Å². The molecule has 0 atom stereocenters. The number of methoxy groups -OCH3 is 1. The average Bonchev–Trinajstić information content (AvgIpc) is 2.63. The fourth-order valence-corrected chi connectivity index (χ4v) is 3.23. The molecule has 0 aliphatic carbocycles. The first-order chi connectivity index (χ1) is 12.4. The summed E-state index contributed by atoms with van der Waals surface area (Å²) in [6.45, 7) is 0. The second-order valence-corrected chi connectivity index (χ2v) is 7.01. The molecule has 1 heterocycles. The number of hydrogen-bond donors (Lipinski definition) is 3. The highest BCUT2D eigenvalue weighted by atomic mass is 32.2. The number of phenolic OH excluding ortho intramolecular Hbond substituents is 1. The molecule has 0 amide bonds. The molecule has 4 N–H and O–H groups in total. The highest BCUT2D eigenvalue weighted by molar-refractivity contribution is 7.89. The molecule has 0 aliphatic heterocycles. The predicted octanol–water partition coefficient (Wildman–Crippen LogP) is 2.85. The minimum absolute atomic E-state index is 0.0277. The standard InChI is InChI=1S/C18H17N3O4S/c1-25-14-8-9-17(26(19,23)24)16(11-14)15-3-2-10-20-18(15)21-12-4-6-13(22)7-5-12/h2-11,22H,1H3,(H,20,21)(H2,19,23,24). The molecule has 134 valence electrons. The molecule has 0 fully saturated rings. The summed E-state index contributed by atoms with van der Waals surface area (Å²) in [5.41, 5.74) is 1.60. The van der Waals surface area contributed by atoms with Gasteiger partial charge < -0.3 is 15.2 Å². The Balaban J connectivity index is 2.14. The number of sulfonamides is 1. The van der Waals surface area contributed by atoms with Crippen molar-refractivity contribution in [3.05, 3.63) is 60.8 Å². The Bertz CT molecular complexity index is 1030. The number of anilines is 2. The van der Waals surface area contributed by atoms with E-state index in [0.29, 0.717) is 28.4 Å². The molecule has 0 spiro atoms. The van der Waals surface area contributed by atoms with Crippen LogP contribution in [0.25, 0.3) is 11.1 Å². The zero-order valence-electron chi connectivity index (χ0n) is 13.9. The predicted molar refractivity (Wildman–Crippen MR) is 99.0 cm³/mol. The minimum atomic E-state index is -3.95. The van der Waals surface area contributed by atoms with Gasteiger partial charge in [-0.15, -0.1) is 0 Å². The van der Waals surface area contributed by atoms with Crippen LogP contribution in [0.4, 0.5) is 11.5 Å². The molecule has 2 aromatic carbocycles. The first-order valence-corrected chi connectivity index (χ1v) is 9.15. The van der Waals surface area contributed by atoms with Gasteiger partial charge in [0.1, 0.15) is 17.3 Å². The van der Waals surface area contributed by atoms with Crippen LogP contribution in [0.1, 0.15) is 0 Å². The maximum Gasteiger partial charge on any atom is 0.238 e. The lowest BCUT2D eigenvalue weighted by Gasteiger charge is -2.14. The van der Waals surface area contributed by atoms with Crippen molar-refractivity contribution in [3.8, 4) is 22.6 Å². The third-order valence-corrected chi connectivity index (χ3v) is 4.69. The third-order valence-electron chi connectivity index (χ3n) is 3.72. The summed E-state index contributed by atoms with van der Waals surface area (Å²) < 4.78 is 29.2. The third kappa shape index (κ3) is 3.76. The summed E-state index contributed by atoms with van der Waals surface area (Å²) in [6, 6.07) is 14.4.